The molecule has 2 fully saturated rings. The first-order valence-corrected chi connectivity index (χ1v) is 14.5. The molecule has 3 aromatic rings. The predicted molar refractivity (Wildman–Crippen MR) is 154 cm³/mol. The van der Waals surface area contributed by atoms with Gasteiger partial charge in [-0.3, -0.25) is 39.2 Å². The van der Waals surface area contributed by atoms with Crippen molar-refractivity contribution in [3.05, 3.63) is 65.5 Å². The lowest BCUT2D eigenvalue weighted by Gasteiger charge is -2.31. The predicted octanol–water partition coefficient (Wildman–Crippen LogP) is 3.02. The Morgan fingerprint density at radius 1 is 0.929 bits per heavy atom. The Hall–Kier alpha value is -4.67. The van der Waals surface area contributed by atoms with E-state index in [4.69, 9.17) is 4.98 Å². The van der Waals surface area contributed by atoms with Gasteiger partial charge in [-0.2, -0.15) is 0 Å². The molecule has 3 aliphatic rings. The van der Waals surface area contributed by atoms with Crippen molar-refractivity contribution in [2.45, 2.75) is 56.9 Å². The highest BCUT2D eigenvalue weighted by Gasteiger charge is 2.44. The van der Waals surface area contributed by atoms with Gasteiger partial charge in [0.15, 0.2) is 0 Å². The standard InChI is InChI=1S/C31H32N6O5/c38-27-11-10-26(29(40)35-27)37-30(41)21-9-8-20(17-22(21)31(37)42)32-14-4-3-7-28(39)36-15-12-19(13-16-36)25-18-33-23-5-1-2-6-24(23)34-25/h1-2,5-6,8-9,17-19,26,32H,3-4,7,10-16H2,(H,35,38,40). The van der Waals surface area contributed by atoms with Gasteiger partial charge in [-0.25, -0.2) is 4.98 Å². The molecular weight excluding hydrogens is 536 g/mol. The van der Waals surface area contributed by atoms with Crippen LogP contribution in [0.2, 0.25) is 0 Å². The van der Waals surface area contributed by atoms with Crippen molar-refractivity contribution in [1.29, 1.82) is 0 Å². The summed E-state index contributed by atoms with van der Waals surface area (Å²) >= 11 is 0. The fraction of sp³-hybridized carbons (Fsp3) is 0.387. The SMILES string of the molecule is O=C1CCC(N2C(=O)c3ccc(NCCCCC(=O)N4CCC(c5cnc6ccccc6n5)CC4)cc3C2=O)C(=O)N1. The fourth-order valence-electron chi connectivity index (χ4n) is 5.97. The topological polar surface area (TPSA) is 142 Å². The maximum absolute atomic E-state index is 13.0. The first-order chi connectivity index (χ1) is 20.4. The molecule has 0 bridgehead atoms. The zero-order valence-corrected chi connectivity index (χ0v) is 23.2. The van der Waals surface area contributed by atoms with Gasteiger partial charge in [0.2, 0.25) is 17.7 Å². The Kier molecular flexibility index (Phi) is 7.64. The van der Waals surface area contributed by atoms with Crippen molar-refractivity contribution in [2.75, 3.05) is 25.0 Å². The number of hydrogen-bond acceptors (Lipinski definition) is 8. The van der Waals surface area contributed by atoms with E-state index in [0.717, 1.165) is 47.3 Å². The molecule has 2 N–H and O–H groups in total. The van der Waals surface area contributed by atoms with Gasteiger partial charge < -0.3 is 10.2 Å². The largest absolute Gasteiger partial charge is 0.385 e. The van der Waals surface area contributed by atoms with E-state index in [0.29, 0.717) is 37.7 Å². The van der Waals surface area contributed by atoms with Gasteiger partial charge in [0, 0.05) is 50.3 Å². The molecule has 0 saturated carbocycles. The number of aromatic nitrogens is 2. The number of carbonyl (C=O) groups is 5. The maximum atomic E-state index is 13.0. The Bertz CT molecular complexity index is 1580. The van der Waals surface area contributed by atoms with Gasteiger partial charge in [-0.1, -0.05) is 12.1 Å². The summed E-state index contributed by atoms with van der Waals surface area (Å²) in [4.78, 5) is 74.6. The van der Waals surface area contributed by atoms with Crippen LogP contribution >= 0.6 is 0 Å². The number of anilines is 1. The van der Waals surface area contributed by atoms with Gasteiger partial charge in [-0.15, -0.1) is 0 Å². The highest BCUT2D eigenvalue weighted by Crippen LogP contribution is 2.30. The Balaban J connectivity index is 0.942. The number of carbonyl (C=O) groups excluding carboxylic acids is 5. The van der Waals surface area contributed by atoms with E-state index in [9.17, 15) is 24.0 Å². The van der Waals surface area contributed by atoms with Crippen LogP contribution in [0.5, 0.6) is 0 Å². The fourth-order valence-corrected chi connectivity index (χ4v) is 5.97. The number of unbranched alkanes of at least 4 members (excludes halogenated alkanes) is 1. The molecule has 0 radical (unpaired) electrons. The summed E-state index contributed by atoms with van der Waals surface area (Å²) in [6.07, 6.45) is 5.78. The minimum Gasteiger partial charge on any atom is -0.385 e. The van der Waals surface area contributed by atoms with Crippen molar-refractivity contribution in [2.24, 2.45) is 0 Å². The van der Waals surface area contributed by atoms with Crippen LogP contribution in [0.1, 0.15) is 77.3 Å². The van der Waals surface area contributed by atoms with Crippen LogP contribution in [0.4, 0.5) is 5.69 Å². The summed E-state index contributed by atoms with van der Waals surface area (Å²) in [5, 5.41) is 5.46. The molecule has 1 unspecified atom stereocenters. The molecule has 4 heterocycles. The van der Waals surface area contributed by atoms with Crippen LogP contribution in [0, 0.1) is 0 Å². The molecular formula is C31H32N6O5. The minimum absolute atomic E-state index is 0.0813. The van der Waals surface area contributed by atoms with Crippen LogP contribution in [0.3, 0.4) is 0 Å². The van der Waals surface area contributed by atoms with E-state index in [1.807, 2.05) is 35.4 Å². The second kappa shape index (κ2) is 11.7. The highest BCUT2D eigenvalue weighted by molar-refractivity contribution is 6.23. The normalized spacial score (nSPS) is 19.3. The van der Waals surface area contributed by atoms with Crippen molar-refractivity contribution in [3.63, 3.8) is 0 Å². The lowest BCUT2D eigenvalue weighted by molar-refractivity contribution is -0.136. The maximum Gasteiger partial charge on any atom is 0.262 e. The summed E-state index contributed by atoms with van der Waals surface area (Å²) in [6.45, 7) is 2.04. The third-order valence-electron chi connectivity index (χ3n) is 8.32. The van der Waals surface area contributed by atoms with E-state index in [2.05, 4.69) is 15.6 Å². The molecule has 1 aromatic heterocycles. The second-order valence-electron chi connectivity index (χ2n) is 11.0. The Labute approximate surface area is 242 Å². The van der Waals surface area contributed by atoms with Crippen LogP contribution in [-0.2, 0) is 14.4 Å². The number of hydrogen-bond donors (Lipinski definition) is 2. The lowest BCUT2D eigenvalue weighted by Crippen LogP contribution is -2.54. The summed E-state index contributed by atoms with van der Waals surface area (Å²) in [6, 6.07) is 11.8. The first kappa shape index (κ1) is 27.5. The smallest absolute Gasteiger partial charge is 0.262 e. The quantitative estimate of drug-likeness (QED) is 0.312. The lowest BCUT2D eigenvalue weighted by atomic mass is 9.93. The first-order valence-electron chi connectivity index (χ1n) is 14.5. The molecule has 11 nitrogen and oxygen atoms in total. The number of imide groups is 2. The number of amides is 5. The summed E-state index contributed by atoms with van der Waals surface area (Å²) in [7, 11) is 0. The van der Waals surface area contributed by atoms with Crippen LogP contribution in [0.25, 0.3) is 11.0 Å². The minimum atomic E-state index is -0.984. The van der Waals surface area contributed by atoms with Gasteiger partial charge >= 0.3 is 0 Å². The van der Waals surface area contributed by atoms with Gasteiger partial charge in [0.25, 0.3) is 11.8 Å². The highest BCUT2D eigenvalue weighted by atomic mass is 16.2. The van der Waals surface area contributed by atoms with Gasteiger partial charge in [0.05, 0.1) is 27.9 Å². The molecule has 2 aromatic carbocycles. The molecule has 6 rings (SSSR count). The van der Waals surface area contributed by atoms with Crippen LogP contribution < -0.4 is 10.6 Å². The Morgan fingerprint density at radius 3 is 2.48 bits per heavy atom. The molecule has 0 aliphatic carbocycles. The molecule has 42 heavy (non-hydrogen) atoms. The zero-order valence-electron chi connectivity index (χ0n) is 23.2. The summed E-state index contributed by atoms with van der Waals surface area (Å²) in [5.41, 5.74) is 3.95. The third-order valence-corrected chi connectivity index (χ3v) is 8.32. The number of piperidine rings is 2. The van der Waals surface area contributed by atoms with Crippen molar-refractivity contribution in [1.82, 2.24) is 25.1 Å². The molecule has 1 atom stereocenters. The van der Waals surface area contributed by atoms with Crippen molar-refractivity contribution < 1.29 is 24.0 Å². The number of rotatable bonds is 8. The number of para-hydroxylation sites is 2. The van der Waals surface area contributed by atoms with E-state index in [1.165, 1.54) is 0 Å². The van der Waals surface area contributed by atoms with Crippen LogP contribution in [-0.4, -0.2) is 75.0 Å². The van der Waals surface area contributed by atoms with E-state index >= 15 is 0 Å². The Morgan fingerprint density at radius 2 is 1.69 bits per heavy atom. The number of likely N-dealkylation sites (tertiary alicyclic amines) is 1. The molecule has 0 spiro atoms. The number of nitrogens with zero attached hydrogens (tertiary/aromatic N) is 4. The van der Waals surface area contributed by atoms with E-state index in [1.54, 1.807) is 18.2 Å². The average Bonchev–Trinajstić information content (AvgIpc) is 3.25. The summed E-state index contributed by atoms with van der Waals surface area (Å²) in [5.74, 6) is -1.62. The van der Waals surface area contributed by atoms with Crippen LogP contribution in [0.15, 0.2) is 48.7 Å². The zero-order chi connectivity index (χ0) is 29.2. The molecule has 2 saturated heterocycles. The average molecular weight is 569 g/mol. The molecule has 3 aliphatic heterocycles. The number of fused-ring (bicyclic) bond motifs is 2. The molecule has 5 amide bonds. The third kappa shape index (κ3) is 5.46. The van der Waals surface area contributed by atoms with Crippen molar-refractivity contribution in [3.8, 4) is 0 Å². The number of benzene rings is 2. The monoisotopic (exact) mass is 568 g/mol. The van der Waals surface area contributed by atoms with Crippen molar-refractivity contribution >= 4 is 46.3 Å². The summed E-state index contributed by atoms with van der Waals surface area (Å²) < 4.78 is 0. The second-order valence-corrected chi connectivity index (χ2v) is 11.0. The molecule has 11 heteroatoms. The number of nitrogens with one attached hydrogen (secondary N) is 2. The van der Waals surface area contributed by atoms with Gasteiger partial charge in [0.1, 0.15) is 6.04 Å². The van der Waals surface area contributed by atoms with E-state index in [-0.39, 0.29) is 29.9 Å². The van der Waals surface area contributed by atoms with Gasteiger partial charge in [-0.05, 0) is 62.4 Å². The van der Waals surface area contributed by atoms with E-state index < -0.39 is 29.7 Å². The molecule has 216 valence electrons.